The Morgan fingerprint density at radius 1 is 1.28 bits per heavy atom. The Labute approximate surface area is 178 Å². The molecule has 29 heavy (non-hydrogen) atoms. The van der Waals surface area contributed by atoms with E-state index in [9.17, 15) is 4.79 Å². The second-order valence-corrected chi connectivity index (χ2v) is 8.87. The van der Waals surface area contributed by atoms with Crippen molar-refractivity contribution in [1.82, 2.24) is 14.8 Å². The molecule has 0 radical (unpaired) electrons. The first-order valence-electron chi connectivity index (χ1n) is 10.7. The van der Waals surface area contributed by atoms with Crippen LogP contribution in [0.1, 0.15) is 62.2 Å². The number of nitrogens with zero attached hydrogens (tertiary/aromatic N) is 3. The molecule has 0 N–H and O–H groups in total. The molecule has 0 aliphatic carbocycles. The lowest BCUT2D eigenvalue weighted by Gasteiger charge is -2.24. The minimum atomic E-state index is 0.195. The molecule has 1 saturated heterocycles. The van der Waals surface area contributed by atoms with Crippen LogP contribution in [-0.4, -0.2) is 46.9 Å². The van der Waals surface area contributed by atoms with Gasteiger partial charge in [-0.05, 0) is 43.5 Å². The van der Waals surface area contributed by atoms with Crippen LogP contribution < -0.4 is 4.74 Å². The van der Waals surface area contributed by atoms with E-state index in [1.54, 1.807) is 11.3 Å². The van der Waals surface area contributed by atoms with Gasteiger partial charge in [0.05, 0.1) is 12.2 Å². The van der Waals surface area contributed by atoms with Crippen LogP contribution in [0.15, 0.2) is 29.6 Å². The van der Waals surface area contributed by atoms with E-state index >= 15 is 0 Å². The summed E-state index contributed by atoms with van der Waals surface area (Å²) in [7, 11) is 0. The van der Waals surface area contributed by atoms with Crippen LogP contribution in [0.2, 0.25) is 0 Å². The summed E-state index contributed by atoms with van der Waals surface area (Å²) in [5, 5.41) is 3.00. The molecule has 1 aliphatic rings. The van der Waals surface area contributed by atoms with Gasteiger partial charge in [-0.15, -0.1) is 11.3 Å². The van der Waals surface area contributed by atoms with Crippen molar-refractivity contribution in [3.63, 3.8) is 0 Å². The Bertz CT molecular complexity index is 784. The molecule has 1 amide bonds. The molecule has 5 nitrogen and oxygen atoms in total. The predicted octanol–water partition coefficient (Wildman–Crippen LogP) is 4.68. The molecule has 0 unspecified atom stereocenters. The monoisotopic (exact) mass is 415 g/mol. The zero-order chi connectivity index (χ0) is 20.6. The van der Waals surface area contributed by atoms with Crippen LogP contribution in [0.5, 0.6) is 5.75 Å². The highest BCUT2D eigenvalue weighted by molar-refractivity contribution is 7.09. The van der Waals surface area contributed by atoms with Gasteiger partial charge in [-0.2, -0.15) is 0 Å². The van der Waals surface area contributed by atoms with Crippen LogP contribution in [0, 0.1) is 0 Å². The Balaban J connectivity index is 1.56. The number of amides is 1. The highest BCUT2D eigenvalue weighted by Crippen LogP contribution is 2.27. The summed E-state index contributed by atoms with van der Waals surface area (Å²) in [4.78, 5) is 21.5. The third-order valence-electron chi connectivity index (χ3n) is 5.38. The Hall–Kier alpha value is -1.92. The minimum absolute atomic E-state index is 0.195. The first kappa shape index (κ1) is 21.8. The molecule has 158 valence electrons. The van der Waals surface area contributed by atoms with Crippen LogP contribution in [0.4, 0.5) is 0 Å². The summed E-state index contributed by atoms with van der Waals surface area (Å²) < 4.78 is 6.05. The Morgan fingerprint density at radius 3 is 2.76 bits per heavy atom. The molecule has 1 fully saturated rings. The van der Waals surface area contributed by atoms with Crippen LogP contribution in [0.3, 0.4) is 0 Å². The van der Waals surface area contributed by atoms with Crippen molar-refractivity contribution in [3.05, 3.63) is 45.9 Å². The van der Waals surface area contributed by atoms with Crippen molar-refractivity contribution < 1.29 is 9.53 Å². The number of hydrogen-bond donors (Lipinski definition) is 0. The lowest BCUT2D eigenvalue weighted by molar-refractivity contribution is -0.131. The van der Waals surface area contributed by atoms with E-state index in [0.717, 1.165) is 42.6 Å². The van der Waals surface area contributed by atoms with Gasteiger partial charge in [-0.3, -0.25) is 4.79 Å². The van der Waals surface area contributed by atoms with Crippen molar-refractivity contribution in [2.24, 2.45) is 0 Å². The van der Waals surface area contributed by atoms with Gasteiger partial charge in [0.2, 0.25) is 5.91 Å². The van der Waals surface area contributed by atoms with Gasteiger partial charge in [0, 0.05) is 24.9 Å². The summed E-state index contributed by atoms with van der Waals surface area (Å²) in [5.74, 6) is 1.54. The SMILES string of the molecule is CCC(=O)N(CCN1CCCC1)Cc1csc(COc2ccccc2C(C)C)n1. The molecule has 6 heteroatoms. The van der Waals surface area contributed by atoms with Gasteiger partial charge >= 0.3 is 0 Å². The highest BCUT2D eigenvalue weighted by Gasteiger charge is 2.18. The number of ether oxygens (including phenoxy) is 1. The summed E-state index contributed by atoms with van der Waals surface area (Å²) >= 11 is 1.60. The fourth-order valence-electron chi connectivity index (χ4n) is 3.70. The molecule has 0 saturated carbocycles. The number of hydrogen-bond acceptors (Lipinski definition) is 5. The third kappa shape index (κ3) is 6.28. The van der Waals surface area contributed by atoms with Crippen LogP contribution in [-0.2, 0) is 17.9 Å². The fourth-order valence-corrected chi connectivity index (χ4v) is 4.39. The second kappa shape index (κ2) is 10.7. The average molecular weight is 416 g/mol. The Kier molecular flexibility index (Phi) is 8.07. The zero-order valence-corrected chi connectivity index (χ0v) is 18.7. The number of benzene rings is 1. The van der Waals surface area contributed by atoms with E-state index in [2.05, 4.69) is 30.2 Å². The molecule has 0 atom stereocenters. The average Bonchev–Trinajstić information content (AvgIpc) is 3.41. The van der Waals surface area contributed by atoms with Crippen LogP contribution in [0.25, 0.3) is 0 Å². The molecule has 2 heterocycles. The van der Waals surface area contributed by atoms with Crippen molar-refractivity contribution in [1.29, 1.82) is 0 Å². The fraction of sp³-hybridized carbons (Fsp3) is 0.565. The van der Waals surface area contributed by atoms with Gasteiger partial charge in [0.15, 0.2) is 0 Å². The molecule has 3 rings (SSSR count). The van der Waals surface area contributed by atoms with E-state index in [0.29, 0.717) is 25.5 Å². The van der Waals surface area contributed by atoms with E-state index < -0.39 is 0 Å². The summed E-state index contributed by atoms with van der Waals surface area (Å²) in [6.07, 6.45) is 3.08. The van der Waals surface area contributed by atoms with E-state index in [1.807, 2.05) is 30.0 Å². The third-order valence-corrected chi connectivity index (χ3v) is 6.26. The van der Waals surface area contributed by atoms with Crippen LogP contribution >= 0.6 is 11.3 Å². The largest absolute Gasteiger partial charge is 0.486 e. The molecule has 0 spiro atoms. The normalized spacial score (nSPS) is 14.5. The number of likely N-dealkylation sites (tertiary alicyclic amines) is 1. The van der Waals surface area contributed by atoms with E-state index in [-0.39, 0.29) is 5.91 Å². The smallest absolute Gasteiger partial charge is 0.222 e. The quantitative estimate of drug-likeness (QED) is 0.565. The molecular formula is C23H33N3O2S. The summed E-state index contributed by atoms with van der Waals surface area (Å²) in [6, 6.07) is 8.18. The number of carbonyl (C=O) groups excluding carboxylic acids is 1. The lowest BCUT2D eigenvalue weighted by Crippen LogP contribution is -2.37. The molecule has 1 aromatic heterocycles. The topological polar surface area (TPSA) is 45.7 Å². The van der Waals surface area contributed by atoms with E-state index in [4.69, 9.17) is 9.72 Å². The standard InChI is InChI=1S/C23H33N3O2S/c1-4-23(27)26(14-13-25-11-7-8-12-25)15-19-17-29-22(24-19)16-28-21-10-6-5-9-20(21)18(2)3/h5-6,9-10,17-18H,4,7-8,11-16H2,1-3H3. The van der Waals surface area contributed by atoms with Crippen molar-refractivity contribution in [2.45, 2.75) is 59.1 Å². The molecule has 1 aromatic carbocycles. The van der Waals surface area contributed by atoms with Gasteiger partial charge in [0.25, 0.3) is 0 Å². The van der Waals surface area contributed by atoms with Gasteiger partial charge in [-0.25, -0.2) is 4.98 Å². The maximum Gasteiger partial charge on any atom is 0.222 e. The van der Waals surface area contributed by atoms with Crippen molar-refractivity contribution >= 4 is 17.2 Å². The molecule has 0 bridgehead atoms. The molecule has 1 aliphatic heterocycles. The molecular weight excluding hydrogens is 382 g/mol. The number of aromatic nitrogens is 1. The maximum absolute atomic E-state index is 12.4. The zero-order valence-electron chi connectivity index (χ0n) is 17.9. The first-order chi connectivity index (χ1) is 14.1. The molecule has 2 aromatic rings. The first-order valence-corrected chi connectivity index (χ1v) is 11.6. The number of para-hydroxylation sites is 1. The lowest BCUT2D eigenvalue weighted by atomic mass is 10.0. The predicted molar refractivity (Wildman–Crippen MR) is 118 cm³/mol. The summed E-state index contributed by atoms with van der Waals surface area (Å²) in [6.45, 7) is 11.4. The van der Waals surface area contributed by atoms with Crippen molar-refractivity contribution in [3.8, 4) is 5.75 Å². The van der Waals surface area contributed by atoms with Gasteiger partial charge in [0.1, 0.15) is 17.4 Å². The summed E-state index contributed by atoms with van der Waals surface area (Å²) in [5.41, 5.74) is 2.17. The number of rotatable bonds is 10. The van der Waals surface area contributed by atoms with E-state index in [1.165, 1.54) is 18.4 Å². The number of thiazole rings is 1. The second-order valence-electron chi connectivity index (χ2n) is 7.93. The minimum Gasteiger partial charge on any atom is -0.486 e. The van der Waals surface area contributed by atoms with Gasteiger partial charge < -0.3 is 14.5 Å². The Morgan fingerprint density at radius 2 is 2.03 bits per heavy atom. The number of carbonyl (C=O) groups is 1. The van der Waals surface area contributed by atoms with Gasteiger partial charge in [-0.1, -0.05) is 39.0 Å². The van der Waals surface area contributed by atoms with Crippen molar-refractivity contribution in [2.75, 3.05) is 26.2 Å². The highest BCUT2D eigenvalue weighted by atomic mass is 32.1. The maximum atomic E-state index is 12.4.